The van der Waals surface area contributed by atoms with Crippen LogP contribution in [0.2, 0.25) is 0 Å². The first-order valence-corrected chi connectivity index (χ1v) is 14.5. The average Bonchev–Trinajstić information content (AvgIpc) is 3.57. The van der Waals surface area contributed by atoms with Gasteiger partial charge in [-0.1, -0.05) is 98.8 Å². The lowest BCUT2D eigenvalue weighted by Gasteiger charge is -2.24. The Hall–Kier alpha value is -5.28. The lowest BCUT2D eigenvalue weighted by atomic mass is 9.79. The Kier molecular flexibility index (Phi) is 4.67. The molecule has 2 heterocycles. The van der Waals surface area contributed by atoms with E-state index in [4.69, 9.17) is 0 Å². The van der Waals surface area contributed by atoms with E-state index < -0.39 is 0 Å². The van der Waals surface area contributed by atoms with Crippen molar-refractivity contribution in [3.05, 3.63) is 139 Å². The van der Waals surface area contributed by atoms with Crippen LogP contribution in [-0.4, -0.2) is 14.4 Å². The van der Waals surface area contributed by atoms with Crippen LogP contribution in [0, 0.1) is 0 Å². The second kappa shape index (κ2) is 8.37. The highest BCUT2D eigenvalue weighted by atomic mass is 15.1. The quantitative estimate of drug-likeness (QED) is 0.205. The number of hydrogen-bond acceptors (Lipinski definition) is 2. The van der Waals surface area contributed by atoms with Gasteiger partial charge in [-0.3, -0.25) is 4.40 Å². The maximum Gasteiger partial charge on any atom is 0.234 e. The molecule has 0 N–H and O–H groups in total. The number of rotatable bonds is 2. The van der Waals surface area contributed by atoms with Crippen molar-refractivity contribution in [1.82, 2.24) is 14.4 Å². The highest BCUT2D eigenvalue weighted by Crippen LogP contribution is 2.55. The van der Waals surface area contributed by atoms with Crippen LogP contribution in [-0.2, 0) is 5.41 Å². The number of benzene rings is 6. The molecule has 3 nitrogen and oxygen atoms in total. The molecule has 0 amide bonds. The zero-order valence-electron chi connectivity index (χ0n) is 23.5. The Morgan fingerprint density at radius 1 is 0.619 bits per heavy atom. The first-order chi connectivity index (χ1) is 20.6. The van der Waals surface area contributed by atoms with E-state index in [0.717, 1.165) is 11.3 Å². The molecule has 0 bridgehead atoms. The summed E-state index contributed by atoms with van der Waals surface area (Å²) in [6.45, 7) is 4.78. The highest BCUT2D eigenvalue weighted by molar-refractivity contribution is 6.18. The van der Waals surface area contributed by atoms with Gasteiger partial charge in [-0.25, -0.2) is 9.97 Å². The largest absolute Gasteiger partial charge is 0.291 e. The zero-order chi connectivity index (χ0) is 28.0. The fraction of sp³-hybridized carbons (Fsp3) is 0.0769. The van der Waals surface area contributed by atoms with Crippen molar-refractivity contribution in [1.29, 1.82) is 0 Å². The topological polar surface area (TPSA) is 30.2 Å². The number of aromatic nitrogens is 3. The predicted molar refractivity (Wildman–Crippen MR) is 174 cm³/mol. The van der Waals surface area contributed by atoms with Crippen molar-refractivity contribution in [3.8, 4) is 33.5 Å². The predicted octanol–water partition coefficient (Wildman–Crippen LogP) is 9.83. The molecule has 42 heavy (non-hydrogen) atoms. The summed E-state index contributed by atoms with van der Waals surface area (Å²) in [5.74, 6) is 0.713. The van der Waals surface area contributed by atoms with Crippen LogP contribution in [0.25, 0.3) is 71.6 Å². The third-order valence-electron chi connectivity index (χ3n) is 9.23. The molecule has 0 saturated carbocycles. The third kappa shape index (κ3) is 3.22. The Balaban J connectivity index is 1.18. The van der Waals surface area contributed by atoms with E-state index in [1.165, 1.54) is 65.7 Å². The normalized spacial score (nSPS) is 13.7. The second-order valence-corrected chi connectivity index (χ2v) is 12.0. The maximum absolute atomic E-state index is 4.68. The fourth-order valence-corrected chi connectivity index (χ4v) is 7.21. The molecule has 0 radical (unpaired) electrons. The van der Waals surface area contributed by atoms with E-state index in [1.54, 1.807) is 6.20 Å². The third-order valence-corrected chi connectivity index (χ3v) is 9.23. The lowest BCUT2D eigenvalue weighted by Crippen LogP contribution is -2.15. The Morgan fingerprint density at radius 3 is 2.10 bits per heavy atom. The van der Waals surface area contributed by atoms with Gasteiger partial charge < -0.3 is 0 Å². The van der Waals surface area contributed by atoms with Gasteiger partial charge in [-0.15, -0.1) is 0 Å². The molecular weight excluding hydrogens is 510 g/mol. The van der Waals surface area contributed by atoms with Crippen molar-refractivity contribution in [2.75, 3.05) is 0 Å². The van der Waals surface area contributed by atoms with Crippen molar-refractivity contribution in [2.24, 2.45) is 0 Å². The molecule has 2 aromatic heterocycles. The Bertz CT molecular complexity index is 2340. The van der Waals surface area contributed by atoms with Crippen LogP contribution in [0.4, 0.5) is 0 Å². The van der Waals surface area contributed by atoms with E-state index in [1.807, 2.05) is 22.9 Å². The standard InChI is InChI=1S/C39H27N3/c1-39(2)34-22-28-20-26(24-12-14-25(15-13-24)35-23-42-19-7-18-40-38(42)41-35)16-17-27(28)21-33(34)36-31-10-5-3-8-29(31)30-9-4-6-11-32(30)37(36)39/h3-23H,1-2H3. The molecule has 198 valence electrons. The summed E-state index contributed by atoms with van der Waals surface area (Å²) in [7, 11) is 0. The van der Waals surface area contributed by atoms with Gasteiger partial charge in [-0.2, -0.15) is 0 Å². The van der Waals surface area contributed by atoms with Crippen LogP contribution in [0.1, 0.15) is 25.0 Å². The maximum atomic E-state index is 4.68. The Morgan fingerprint density at radius 2 is 1.31 bits per heavy atom. The minimum absolute atomic E-state index is 0.108. The molecular formula is C39H27N3. The first kappa shape index (κ1) is 23.4. The average molecular weight is 538 g/mol. The van der Waals surface area contributed by atoms with E-state index >= 15 is 0 Å². The van der Waals surface area contributed by atoms with Crippen molar-refractivity contribution >= 4 is 38.1 Å². The SMILES string of the molecule is CC1(C)c2cc3cc(-c4ccc(-c5cn6cccnc6n5)cc4)ccc3cc2-c2c1c1ccccc1c1ccccc21. The molecule has 0 unspecified atom stereocenters. The van der Waals surface area contributed by atoms with E-state index in [2.05, 4.69) is 127 Å². The number of imidazole rings is 1. The fourth-order valence-electron chi connectivity index (χ4n) is 7.21. The summed E-state index contributed by atoms with van der Waals surface area (Å²) in [5, 5.41) is 7.91. The highest BCUT2D eigenvalue weighted by Gasteiger charge is 2.38. The summed E-state index contributed by atoms with van der Waals surface area (Å²) in [4.78, 5) is 9.03. The first-order valence-electron chi connectivity index (χ1n) is 14.5. The van der Waals surface area contributed by atoms with Crippen molar-refractivity contribution in [2.45, 2.75) is 19.3 Å². The lowest BCUT2D eigenvalue weighted by molar-refractivity contribution is 0.667. The summed E-state index contributed by atoms with van der Waals surface area (Å²) < 4.78 is 1.95. The van der Waals surface area contributed by atoms with Crippen LogP contribution in [0.5, 0.6) is 0 Å². The molecule has 9 rings (SSSR count). The van der Waals surface area contributed by atoms with Gasteiger partial charge >= 0.3 is 0 Å². The molecule has 0 saturated heterocycles. The molecule has 1 aliphatic carbocycles. The van der Waals surface area contributed by atoms with Gasteiger partial charge in [0, 0.05) is 29.6 Å². The van der Waals surface area contributed by atoms with Gasteiger partial charge in [0.25, 0.3) is 0 Å². The van der Waals surface area contributed by atoms with Crippen molar-refractivity contribution in [3.63, 3.8) is 0 Å². The smallest absolute Gasteiger partial charge is 0.234 e. The molecule has 6 aromatic carbocycles. The van der Waals surface area contributed by atoms with Gasteiger partial charge in [-0.05, 0) is 90.0 Å². The van der Waals surface area contributed by atoms with Gasteiger partial charge in [0.1, 0.15) is 0 Å². The van der Waals surface area contributed by atoms with Crippen LogP contribution < -0.4 is 0 Å². The summed E-state index contributed by atoms with van der Waals surface area (Å²) >= 11 is 0. The zero-order valence-corrected chi connectivity index (χ0v) is 23.5. The number of hydrogen-bond donors (Lipinski definition) is 0. The van der Waals surface area contributed by atoms with Gasteiger partial charge in [0.05, 0.1) is 5.69 Å². The Labute approximate surface area is 243 Å². The number of fused-ring (bicyclic) bond motifs is 10. The molecule has 1 aliphatic rings. The molecule has 0 atom stereocenters. The second-order valence-electron chi connectivity index (χ2n) is 12.0. The van der Waals surface area contributed by atoms with Gasteiger partial charge in [0.2, 0.25) is 5.78 Å². The van der Waals surface area contributed by atoms with Crippen LogP contribution >= 0.6 is 0 Å². The molecule has 0 spiro atoms. The van der Waals surface area contributed by atoms with E-state index in [-0.39, 0.29) is 5.41 Å². The monoisotopic (exact) mass is 537 g/mol. The molecule has 0 fully saturated rings. The minimum Gasteiger partial charge on any atom is -0.291 e. The van der Waals surface area contributed by atoms with Crippen molar-refractivity contribution < 1.29 is 0 Å². The summed E-state index contributed by atoms with van der Waals surface area (Å²) in [6.07, 6.45) is 5.78. The van der Waals surface area contributed by atoms with Crippen LogP contribution in [0.3, 0.4) is 0 Å². The van der Waals surface area contributed by atoms with E-state index in [9.17, 15) is 0 Å². The molecule has 3 heteroatoms. The molecule has 0 aliphatic heterocycles. The summed E-state index contributed by atoms with van der Waals surface area (Å²) in [5.41, 5.74) is 9.93. The molecule has 8 aromatic rings. The van der Waals surface area contributed by atoms with Gasteiger partial charge in [0.15, 0.2) is 0 Å². The van der Waals surface area contributed by atoms with E-state index in [0.29, 0.717) is 5.78 Å². The minimum atomic E-state index is -0.108. The number of nitrogens with zero attached hydrogens (tertiary/aromatic N) is 3. The van der Waals surface area contributed by atoms with Crippen LogP contribution in [0.15, 0.2) is 128 Å². The summed E-state index contributed by atoms with van der Waals surface area (Å²) in [6, 6.07) is 40.2.